The van der Waals surface area contributed by atoms with Gasteiger partial charge in [0.25, 0.3) is 0 Å². The fraction of sp³-hybridized carbons (Fsp3) is 0.227. The van der Waals surface area contributed by atoms with E-state index in [-0.39, 0.29) is 17.8 Å². The molecule has 0 amide bonds. The molecular weight excluding hydrogens is 314 g/mol. The van der Waals surface area contributed by atoms with Gasteiger partial charge in [0, 0.05) is 17.2 Å². The largest absolute Gasteiger partial charge is 1.00 e. The molecule has 0 aliphatic heterocycles. The van der Waals surface area contributed by atoms with Gasteiger partial charge in [0.15, 0.2) is 18.9 Å². The number of halogens is 1. The molecule has 0 aliphatic carbocycles. The van der Waals surface area contributed by atoms with Gasteiger partial charge in [-0.05, 0) is 22.6 Å². The van der Waals surface area contributed by atoms with E-state index in [1.54, 1.807) is 0 Å². The Morgan fingerprint density at radius 1 is 0.750 bits per heavy atom. The van der Waals surface area contributed by atoms with Crippen LogP contribution in [0, 0.1) is 0 Å². The van der Waals surface area contributed by atoms with Crippen LogP contribution in [0.4, 0.5) is 0 Å². The molecule has 0 fully saturated rings. The Bertz CT molecular complexity index is 771. The van der Waals surface area contributed by atoms with Crippen molar-refractivity contribution in [2.45, 2.75) is 32.7 Å². The minimum absolute atomic E-state index is 0. The lowest BCUT2D eigenvalue weighted by Gasteiger charge is -2.18. The molecular formula is C22H24ClN. The first kappa shape index (κ1) is 18.2. The minimum Gasteiger partial charge on any atom is -1.00 e. The highest BCUT2D eigenvalue weighted by atomic mass is 35.5. The van der Waals surface area contributed by atoms with Crippen molar-refractivity contribution < 1.29 is 17.0 Å². The highest BCUT2D eigenvalue weighted by molar-refractivity contribution is 5.61. The summed E-state index contributed by atoms with van der Waals surface area (Å²) >= 11 is 0. The van der Waals surface area contributed by atoms with Crippen LogP contribution in [0.1, 0.15) is 31.9 Å². The van der Waals surface area contributed by atoms with Gasteiger partial charge >= 0.3 is 0 Å². The van der Waals surface area contributed by atoms with Crippen molar-refractivity contribution in [3.05, 3.63) is 90.3 Å². The normalized spacial score (nSPS) is 11.0. The summed E-state index contributed by atoms with van der Waals surface area (Å²) in [6, 6.07) is 23.8. The second-order valence-corrected chi connectivity index (χ2v) is 7.08. The van der Waals surface area contributed by atoms with Gasteiger partial charge in [0.05, 0.1) is 0 Å². The standard InChI is InChI=1S/C22H24N.ClH/c1-22(2,3)21-13-11-18(12-14-21)16-23-15-7-10-20(17-23)19-8-5-4-6-9-19;/h4-15,17H,16H2,1-3H3;1H/q+1;/p-1. The summed E-state index contributed by atoms with van der Waals surface area (Å²) in [5.74, 6) is 0. The molecule has 1 heterocycles. The van der Waals surface area contributed by atoms with Crippen LogP contribution in [-0.4, -0.2) is 0 Å². The summed E-state index contributed by atoms with van der Waals surface area (Å²) < 4.78 is 2.24. The minimum atomic E-state index is 0. The summed E-state index contributed by atoms with van der Waals surface area (Å²) in [5.41, 5.74) is 5.42. The van der Waals surface area contributed by atoms with Crippen molar-refractivity contribution in [2.75, 3.05) is 0 Å². The van der Waals surface area contributed by atoms with Gasteiger partial charge in [0.2, 0.25) is 0 Å². The first-order valence-electron chi connectivity index (χ1n) is 8.16. The van der Waals surface area contributed by atoms with E-state index in [0.29, 0.717) is 0 Å². The van der Waals surface area contributed by atoms with E-state index in [2.05, 4.69) is 104 Å². The van der Waals surface area contributed by atoms with E-state index in [0.717, 1.165) is 6.54 Å². The van der Waals surface area contributed by atoms with Crippen molar-refractivity contribution in [1.82, 2.24) is 0 Å². The van der Waals surface area contributed by atoms with Crippen LogP contribution in [0.2, 0.25) is 0 Å². The second kappa shape index (κ2) is 7.63. The number of nitrogens with zero attached hydrogens (tertiary/aromatic N) is 1. The number of pyridine rings is 1. The molecule has 1 nitrogen and oxygen atoms in total. The Morgan fingerprint density at radius 2 is 1.38 bits per heavy atom. The Kier molecular flexibility index (Phi) is 5.80. The molecule has 124 valence electrons. The van der Waals surface area contributed by atoms with Crippen molar-refractivity contribution in [2.24, 2.45) is 0 Å². The molecule has 0 N–H and O–H groups in total. The molecule has 0 atom stereocenters. The third-order valence-corrected chi connectivity index (χ3v) is 4.15. The molecule has 3 aromatic rings. The van der Waals surface area contributed by atoms with Gasteiger partial charge in [0.1, 0.15) is 0 Å². The second-order valence-electron chi connectivity index (χ2n) is 7.08. The number of aromatic nitrogens is 1. The molecule has 0 unspecified atom stereocenters. The van der Waals surface area contributed by atoms with Gasteiger partial charge in [-0.25, -0.2) is 4.57 Å². The van der Waals surface area contributed by atoms with Crippen molar-refractivity contribution in [3.8, 4) is 11.1 Å². The van der Waals surface area contributed by atoms with Gasteiger partial charge in [-0.2, -0.15) is 0 Å². The van der Waals surface area contributed by atoms with Crippen LogP contribution in [0.5, 0.6) is 0 Å². The molecule has 2 heteroatoms. The van der Waals surface area contributed by atoms with Crippen molar-refractivity contribution in [3.63, 3.8) is 0 Å². The lowest BCUT2D eigenvalue weighted by Crippen LogP contribution is -3.00. The Morgan fingerprint density at radius 3 is 2.00 bits per heavy atom. The lowest BCUT2D eigenvalue weighted by molar-refractivity contribution is -0.687. The molecule has 1 aromatic heterocycles. The van der Waals surface area contributed by atoms with Crippen LogP contribution in [0.15, 0.2) is 79.1 Å². The third-order valence-electron chi connectivity index (χ3n) is 4.15. The molecule has 0 aliphatic rings. The van der Waals surface area contributed by atoms with Crippen LogP contribution in [-0.2, 0) is 12.0 Å². The average molecular weight is 338 g/mol. The number of hydrogen-bond donors (Lipinski definition) is 0. The third kappa shape index (κ3) is 4.46. The first-order valence-corrected chi connectivity index (χ1v) is 8.16. The predicted octanol–water partition coefficient (Wildman–Crippen LogP) is 1.99. The maximum Gasteiger partial charge on any atom is 0.176 e. The summed E-state index contributed by atoms with van der Waals surface area (Å²) in [6.45, 7) is 7.64. The molecule has 0 spiro atoms. The maximum absolute atomic E-state index is 2.25. The van der Waals surface area contributed by atoms with Crippen LogP contribution >= 0.6 is 0 Å². The topological polar surface area (TPSA) is 3.88 Å². The fourth-order valence-corrected chi connectivity index (χ4v) is 2.74. The van der Waals surface area contributed by atoms with Crippen LogP contribution in [0.25, 0.3) is 11.1 Å². The Balaban J connectivity index is 0.00000208. The lowest BCUT2D eigenvalue weighted by atomic mass is 9.87. The van der Waals surface area contributed by atoms with E-state index < -0.39 is 0 Å². The highest BCUT2D eigenvalue weighted by Gasteiger charge is 2.13. The smallest absolute Gasteiger partial charge is 0.176 e. The molecule has 0 saturated carbocycles. The molecule has 24 heavy (non-hydrogen) atoms. The first-order chi connectivity index (χ1) is 11.0. The summed E-state index contributed by atoms with van der Waals surface area (Å²) in [7, 11) is 0. The summed E-state index contributed by atoms with van der Waals surface area (Å²) in [6.07, 6.45) is 4.34. The van der Waals surface area contributed by atoms with E-state index in [1.165, 1.54) is 22.3 Å². The summed E-state index contributed by atoms with van der Waals surface area (Å²) in [5, 5.41) is 0. The fourth-order valence-electron chi connectivity index (χ4n) is 2.74. The van der Waals surface area contributed by atoms with E-state index in [1.807, 2.05) is 0 Å². The van der Waals surface area contributed by atoms with E-state index in [9.17, 15) is 0 Å². The highest BCUT2D eigenvalue weighted by Crippen LogP contribution is 2.22. The van der Waals surface area contributed by atoms with Crippen LogP contribution in [0.3, 0.4) is 0 Å². The molecule has 0 bridgehead atoms. The maximum atomic E-state index is 2.25. The van der Waals surface area contributed by atoms with Gasteiger partial charge in [-0.1, -0.05) is 75.4 Å². The molecule has 3 rings (SSSR count). The van der Waals surface area contributed by atoms with Crippen molar-refractivity contribution in [1.29, 1.82) is 0 Å². The molecule has 0 saturated heterocycles. The zero-order chi connectivity index (χ0) is 16.3. The molecule has 0 radical (unpaired) electrons. The van der Waals surface area contributed by atoms with E-state index >= 15 is 0 Å². The van der Waals surface area contributed by atoms with Crippen molar-refractivity contribution >= 4 is 0 Å². The van der Waals surface area contributed by atoms with Gasteiger partial charge < -0.3 is 12.4 Å². The summed E-state index contributed by atoms with van der Waals surface area (Å²) in [4.78, 5) is 0. The Labute approximate surface area is 151 Å². The van der Waals surface area contributed by atoms with Crippen LogP contribution < -0.4 is 17.0 Å². The predicted molar refractivity (Wildman–Crippen MR) is 96.3 cm³/mol. The van der Waals surface area contributed by atoms with E-state index in [4.69, 9.17) is 0 Å². The zero-order valence-corrected chi connectivity index (χ0v) is 15.3. The monoisotopic (exact) mass is 337 g/mol. The van der Waals surface area contributed by atoms with Gasteiger partial charge in [-0.15, -0.1) is 0 Å². The number of rotatable bonds is 3. The SMILES string of the molecule is CC(C)(C)c1ccc(C[n+]2cccc(-c3ccccc3)c2)cc1.[Cl-]. The molecule has 2 aromatic carbocycles. The average Bonchev–Trinajstić information content (AvgIpc) is 2.56. The number of hydrogen-bond acceptors (Lipinski definition) is 0. The Hall–Kier alpha value is -2.12. The number of benzene rings is 2. The van der Waals surface area contributed by atoms with Gasteiger partial charge in [-0.3, -0.25) is 0 Å². The zero-order valence-electron chi connectivity index (χ0n) is 14.5. The quantitative estimate of drug-likeness (QED) is 0.644.